The van der Waals surface area contributed by atoms with Crippen LogP contribution < -0.4 is 0 Å². The second-order valence-corrected chi connectivity index (χ2v) is 5.78. The Bertz CT molecular complexity index is 414. The van der Waals surface area contributed by atoms with Crippen LogP contribution in [-0.4, -0.2) is 0 Å². The second kappa shape index (κ2) is 2.66. The summed E-state index contributed by atoms with van der Waals surface area (Å²) >= 11 is 0. The lowest BCUT2D eigenvalue weighted by molar-refractivity contribution is 0.421. The van der Waals surface area contributed by atoms with Gasteiger partial charge in [-0.05, 0) is 73.0 Å². The summed E-state index contributed by atoms with van der Waals surface area (Å²) < 4.78 is 0. The Morgan fingerprint density at radius 1 is 1.00 bits per heavy atom. The van der Waals surface area contributed by atoms with Crippen LogP contribution in [0.25, 0.3) is 0 Å². The van der Waals surface area contributed by atoms with Crippen molar-refractivity contribution in [3.05, 3.63) is 34.9 Å². The van der Waals surface area contributed by atoms with E-state index in [0.717, 1.165) is 23.7 Å². The van der Waals surface area contributed by atoms with E-state index < -0.39 is 0 Å². The minimum absolute atomic E-state index is 0.942. The first kappa shape index (κ1) is 8.38. The lowest BCUT2D eigenvalue weighted by atomic mass is 9.88. The maximum atomic E-state index is 2.40. The van der Waals surface area contributed by atoms with Gasteiger partial charge in [0.1, 0.15) is 0 Å². The molecule has 0 amide bonds. The zero-order valence-electron chi connectivity index (χ0n) is 9.37. The number of aryl methyl sites for hydroxylation is 1. The third-order valence-electron chi connectivity index (χ3n) is 5.01. The van der Waals surface area contributed by atoms with Gasteiger partial charge in [-0.15, -0.1) is 0 Å². The summed E-state index contributed by atoms with van der Waals surface area (Å²) in [6.07, 6.45) is 5.99. The molecule has 3 aliphatic carbocycles. The number of benzene rings is 1. The Hall–Kier alpha value is -0.780. The average Bonchev–Trinajstić information content (AvgIpc) is 2.93. The molecule has 2 bridgehead atoms. The predicted octanol–water partition coefficient (Wildman–Crippen LogP) is 4.00. The molecule has 78 valence electrons. The molecule has 2 fully saturated rings. The molecule has 0 nitrogen and oxygen atoms in total. The average molecular weight is 198 g/mol. The summed E-state index contributed by atoms with van der Waals surface area (Å²) in [5, 5.41) is 0. The van der Waals surface area contributed by atoms with E-state index >= 15 is 0 Å². The first-order valence-corrected chi connectivity index (χ1v) is 6.45. The summed E-state index contributed by atoms with van der Waals surface area (Å²) in [5.74, 6) is 4.02. The van der Waals surface area contributed by atoms with Crippen molar-refractivity contribution in [3.63, 3.8) is 0 Å². The van der Waals surface area contributed by atoms with Crippen molar-refractivity contribution in [2.45, 2.75) is 44.4 Å². The molecule has 0 saturated heterocycles. The van der Waals surface area contributed by atoms with Crippen LogP contribution in [0, 0.1) is 18.8 Å². The molecule has 0 heteroatoms. The van der Waals surface area contributed by atoms with Crippen molar-refractivity contribution in [2.24, 2.45) is 11.8 Å². The highest BCUT2D eigenvalue weighted by molar-refractivity contribution is 5.47. The van der Waals surface area contributed by atoms with Gasteiger partial charge in [-0.25, -0.2) is 0 Å². The molecule has 0 spiro atoms. The molecule has 15 heavy (non-hydrogen) atoms. The standard InChI is InChI=1S/C15H18/c1-9-3-2-4-11-12-7-8-13(14(9)11)15(12)10-5-6-10/h2-4,10,12-13,15H,5-8H2,1H3. The Labute approximate surface area is 91.7 Å². The second-order valence-electron chi connectivity index (χ2n) is 5.78. The fourth-order valence-electron chi connectivity index (χ4n) is 4.40. The van der Waals surface area contributed by atoms with E-state index in [4.69, 9.17) is 0 Å². The molecule has 3 atom stereocenters. The van der Waals surface area contributed by atoms with Crippen molar-refractivity contribution < 1.29 is 0 Å². The van der Waals surface area contributed by atoms with E-state index in [-0.39, 0.29) is 0 Å². The molecule has 1 aromatic carbocycles. The maximum Gasteiger partial charge on any atom is -0.0119 e. The van der Waals surface area contributed by atoms with Gasteiger partial charge >= 0.3 is 0 Å². The molecular formula is C15H18. The van der Waals surface area contributed by atoms with E-state index in [1.165, 1.54) is 25.7 Å². The van der Waals surface area contributed by atoms with Crippen molar-refractivity contribution in [1.82, 2.24) is 0 Å². The fourth-order valence-corrected chi connectivity index (χ4v) is 4.40. The minimum atomic E-state index is 0.942. The van der Waals surface area contributed by atoms with Gasteiger partial charge in [-0.2, -0.15) is 0 Å². The normalized spacial score (nSPS) is 37.0. The molecule has 0 N–H and O–H groups in total. The van der Waals surface area contributed by atoms with Gasteiger partial charge in [0, 0.05) is 0 Å². The van der Waals surface area contributed by atoms with E-state index in [0.29, 0.717) is 0 Å². The lowest BCUT2D eigenvalue weighted by Crippen LogP contribution is -2.05. The largest absolute Gasteiger partial charge is 0.0617 e. The van der Waals surface area contributed by atoms with Crippen LogP contribution in [0.1, 0.15) is 54.2 Å². The third-order valence-corrected chi connectivity index (χ3v) is 5.01. The third kappa shape index (κ3) is 0.979. The summed E-state index contributed by atoms with van der Waals surface area (Å²) in [4.78, 5) is 0. The first-order valence-electron chi connectivity index (χ1n) is 6.45. The first-order chi connectivity index (χ1) is 7.36. The summed E-state index contributed by atoms with van der Waals surface area (Å²) in [5.41, 5.74) is 5.04. The van der Waals surface area contributed by atoms with Crippen LogP contribution >= 0.6 is 0 Å². The number of fused-ring (bicyclic) bond motifs is 5. The molecule has 1 aromatic rings. The van der Waals surface area contributed by atoms with Crippen molar-refractivity contribution in [2.75, 3.05) is 0 Å². The van der Waals surface area contributed by atoms with Gasteiger partial charge in [0.05, 0.1) is 0 Å². The zero-order chi connectivity index (χ0) is 9.99. The predicted molar refractivity (Wildman–Crippen MR) is 62.1 cm³/mol. The smallest absolute Gasteiger partial charge is 0.0119 e. The molecule has 0 aliphatic heterocycles. The number of hydrogen-bond acceptors (Lipinski definition) is 0. The summed E-state index contributed by atoms with van der Waals surface area (Å²) in [6.45, 7) is 2.31. The van der Waals surface area contributed by atoms with E-state index in [2.05, 4.69) is 25.1 Å². The van der Waals surface area contributed by atoms with Gasteiger partial charge in [0.2, 0.25) is 0 Å². The Morgan fingerprint density at radius 3 is 2.53 bits per heavy atom. The van der Waals surface area contributed by atoms with Gasteiger partial charge in [-0.3, -0.25) is 0 Å². The maximum absolute atomic E-state index is 2.40. The highest BCUT2D eigenvalue weighted by atomic mass is 14.6. The highest BCUT2D eigenvalue weighted by Gasteiger charge is 2.51. The highest BCUT2D eigenvalue weighted by Crippen LogP contribution is 2.64. The molecular weight excluding hydrogens is 180 g/mol. The monoisotopic (exact) mass is 198 g/mol. The van der Waals surface area contributed by atoms with Crippen LogP contribution in [0.15, 0.2) is 18.2 Å². The molecule has 0 aromatic heterocycles. The van der Waals surface area contributed by atoms with Crippen molar-refractivity contribution in [3.8, 4) is 0 Å². The van der Waals surface area contributed by atoms with E-state index in [1.54, 1.807) is 16.7 Å². The minimum Gasteiger partial charge on any atom is -0.0617 e. The van der Waals surface area contributed by atoms with E-state index in [9.17, 15) is 0 Å². The molecule has 4 rings (SSSR count). The van der Waals surface area contributed by atoms with Gasteiger partial charge < -0.3 is 0 Å². The number of rotatable bonds is 1. The lowest BCUT2D eigenvalue weighted by Gasteiger charge is -2.16. The van der Waals surface area contributed by atoms with Crippen LogP contribution in [0.2, 0.25) is 0 Å². The Kier molecular flexibility index (Phi) is 1.49. The topological polar surface area (TPSA) is 0 Å². The van der Waals surface area contributed by atoms with Crippen LogP contribution in [0.4, 0.5) is 0 Å². The number of hydrogen-bond donors (Lipinski definition) is 0. The molecule has 3 aliphatic rings. The zero-order valence-corrected chi connectivity index (χ0v) is 9.37. The Morgan fingerprint density at radius 2 is 1.80 bits per heavy atom. The van der Waals surface area contributed by atoms with E-state index in [1.807, 2.05) is 0 Å². The van der Waals surface area contributed by atoms with Crippen molar-refractivity contribution >= 4 is 0 Å². The van der Waals surface area contributed by atoms with Gasteiger partial charge in [0.25, 0.3) is 0 Å². The fraction of sp³-hybridized carbons (Fsp3) is 0.600. The quantitative estimate of drug-likeness (QED) is 0.640. The van der Waals surface area contributed by atoms with Crippen molar-refractivity contribution in [1.29, 1.82) is 0 Å². The molecule has 0 heterocycles. The van der Waals surface area contributed by atoms with Gasteiger partial charge in [0.15, 0.2) is 0 Å². The summed E-state index contributed by atoms with van der Waals surface area (Å²) in [7, 11) is 0. The van der Waals surface area contributed by atoms with Gasteiger partial charge in [-0.1, -0.05) is 18.2 Å². The SMILES string of the molecule is Cc1cccc2c1C1CCC2C1C1CC1. The summed E-state index contributed by atoms with van der Waals surface area (Å²) in [6, 6.07) is 6.98. The molecule has 2 saturated carbocycles. The Balaban J connectivity index is 1.88. The molecule has 0 radical (unpaired) electrons. The molecule has 3 unspecified atom stereocenters. The van der Waals surface area contributed by atoms with Crippen LogP contribution in [0.5, 0.6) is 0 Å². The van der Waals surface area contributed by atoms with Crippen LogP contribution in [0.3, 0.4) is 0 Å². The van der Waals surface area contributed by atoms with Crippen LogP contribution in [-0.2, 0) is 0 Å².